The van der Waals surface area contributed by atoms with Gasteiger partial charge < -0.3 is 4.90 Å². The Morgan fingerprint density at radius 1 is 1.38 bits per heavy atom. The number of amides is 1. The average molecular weight is 377 g/mol. The number of carbonyl (C=O) groups excluding carboxylic acids is 1. The minimum absolute atomic E-state index is 0.00278. The van der Waals surface area contributed by atoms with Gasteiger partial charge in [-0.1, -0.05) is 19.1 Å². The Labute approximate surface area is 152 Å². The molecule has 0 saturated carbocycles. The molecule has 2 aromatic rings. The van der Waals surface area contributed by atoms with Gasteiger partial charge in [-0.2, -0.15) is 0 Å². The second-order valence-corrected chi connectivity index (χ2v) is 9.02. The van der Waals surface area contributed by atoms with Crippen LogP contribution in [0.3, 0.4) is 0 Å². The predicted octanol–water partition coefficient (Wildman–Crippen LogP) is 1.13. The number of nitrogens with zero attached hydrogens (tertiary/aromatic N) is 3. The first kappa shape index (κ1) is 18.6. The van der Waals surface area contributed by atoms with Crippen LogP contribution in [0.2, 0.25) is 0 Å². The molecule has 1 saturated heterocycles. The average Bonchev–Trinajstić information content (AvgIpc) is 2.95. The molecule has 1 atom stereocenters. The summed E-state index contributed by atoms with van der Waals surface area (Å²) in [4.78, 5) is 31.4. The number of benzene rings is 1. The fourth-order valence-corrected chi connectivity index (χ4v) is 5.19. The molecule has 1 aliphatic rings. The highest BCUT2D eigenvalue weighted by molar-refractivity contribution is 7.91. The molecule has 1 aromatic carbocycles. The van der Waals surface area contributed by atoms with Crippen LogP contribution in [0, 0.1) is 6.92 Å². The molecule has 1 amide bonds. The molecule has 1 unspecified atom stereocenters. The van der Waals surface area contributed by atoms with Gasteiger partial charge in [-0.15, -0.1) is 0 Å². The SMILES string of the molecule is CCCN(C(=O)Cn1cnc2c(C)cccc2c1=O)C1CCS(=O)(=O)C1. The fraction of sp³-hybridized carbons (Fsp3) is 0.500. The number of aromatic nitrogens is 2. The van der Waals surface area contributed by atoms with Crippen LogP contribution in [0.25, 0.3) is 10.9 Å². The predicted molar refractivity (Wildman–Crippen MR) is 99.8 cm³/mol. The van der Waals surface area contributed by atoms with E-state index in [0.29, 0.717) is 23.9 Å². The summed E-state index contributed by atoms with van der Waals surface area (Å²) in [6, 6.07) is 5.07. The fourth-order valence-electron chi connectivity index (χ4n) is 3.46. The van der Waals surface area contributed by atoms with Crippen molar-refractivity contribution >= 4 is 26.6 Å². The Hall–Kier alpha value is -2.22. The van der Waals surface area contributed by atoms with Crippen molar-refractivity contribution < 1.29 is 13.2 Å². The molecule has 140 valence electrons. The van der Waals surface area contributed by atoms with E-state index >= 15 is 0 Å². The van der Waals surface area contributed by atoms with E-state index in [1.807, 2.05) is 19.9 Å². The molecule has 0 spiro atoms. The van der Waals surface area contributed by atoms with Gasteiger partial charge in [-0.3, -0.25) is 14.2 Å². The van der Waals surface area contributed by atoms with Gasteiger partial charge in [0, 0.05) is 12.6 Å². The molecule has 0 radical (unpaired) electrons. The van der Waals surface area contributed by atoms with Crippen LogP contribution in [0.4, 0.5) is 0 Å². The van der Waals surface area contributed by atoms with E-state index in [4.69, 9.17) is 0 Å². The van der Waals surface area contributed by atoms with Crippen molar-refractivity contribution in [3.8, 4) is 0 Å². The van der Waals surface area contributed by atoms with Gasteiger partial charge in [0.1, 0.15) is 6.54 Å². The molecule has 8 heteroatoms. The summed E-state index contributed by atoms with van der Waals surface area (Å²) in [7, 11) is -3.08. The summed E-state index contributed by atoms with van der Waals surface area (Å²) in [5.74, 6) is -0.130. The lowest BCUT2D eigenvalue weighted by atomic mass is 10.1. The number of fused-ring (bicyclic) bond motifs is 1. The molecular weight excluding hydrogens is 354 g/mol. The van der Waals surface area contributed by atoms with Crippen molar-refractivity contribution in [3.05, 3.63) is 40.4 Å². The zero-order valence-electron chi connectivity index (χ0n) is 15.0. The van der Waals surface area contributed by atoms with Gasteiger partial charge in [0.25, 0.3) is 5.56 Å². The highest BCUT2D eigenvalue weighted by Gasteiger charge is 2.34. The number of para-hydroxylation sites is 1. The lowest BCUT2D eigenvalue weighted by Crippen LogP contribution is -2.44. The van der Waals surface area contributed by atoms with Gasteiger partial charge in [0.2, 0.25) is 5.91 Å². The maximum atomic E-state index is 12.8. The molecule has 1 aromatic heterocycles. The molecule has 2 heterocycles. The Balaban J connectivity index is 1.87. The van der Waals surface area contributed by atoms with Crippen LogP contribution >= 0.6 is 0 Å². The molecule has 0 N–H and O–H groups in total. The van der Waals surface area contributed by atoms with E-state index in [1.54, 1.807) is 17.0 Å². The van der Waals surface area contributed by atoms with Crippen molar-refractivity contribution in [2.75, 3.05) is 18.1 Å². The first-order valence-corrected chi connectivity index (χ1v) is 10.6. The van der Waals surface area contributed by atoms with Crippen LogP contribution in [0.1, 0.15) is 25.3 Å². The van der Waals surface area contributed by atoms with Gasteiger partial charge in [0.05, 0.1) is 28.7 Å². The van der Waals surface area contributed by atoms with Crippen molar-refractivity contribution in [3.63, 3.8) is 0 Å². The summed E-state index contributed by atoms with van der Waals surface area (Å²) >= 11 is 0. The zero-order valence-corrected chi connectivity index (χ0v) is 15.8. The van der Waals surface area contributed by atoms with Crippen molar-refractivity contribution in [2.24, 2.45) is 0 Å². The number of aryl methyl sites for hydroxylation is 1. The van der Waals surface area contributed by atoms with Crippen LogP contribution < -0.4 is 5.56 Å². The number of sulfone groups is 1. The number of hydrogen-bond acceptors (Lipinski definition) is 5. The van der Waals surface area contributed by atoms with Crippen molar-refractivity contribution in [1.29, 1.82) is 0 Å². The van der Waals surface area contributed by atoms with E-state index < -0.39 is 9.84 Å². The first-order chi connectivity index (χ1) is 12.3. The maximum absolute atomic E-state index is 12.8. The van der Waals surface area contributed by atoms with Crippen molar-refractivity contribution in [1.82, 2.24) is 14.5 Å². The minimum Gasteiger partial charge on any atom is -0.337 e. The minimum atomic E-state index is -3.08. The van der Waals surface area contributed by atoms with Crippen LogP contribution in [0.5, 0.6) is 0 Å². The van der Waals surface area contributed by atoms with E-state index in [9.17, 15) is 18.0 Å². The van der Waals surface area contributed by atoms with E-state index in [-0.39, 0.29) is 35.6 Å². The first-order valence-electron chi connectivity index (χ1n) is 8.77. The smallest absolute Gasteiger partial charge is 0.261 e. The van der Waals surface area contributed by atoms with Crippen LogP contribution in [0.15, 0.2) is 29.3 Å². The van der Waals surface area contributed by atoms with Gasteiger partial charge >= 0.3 is 0 Å². The van der Waals surface area contributed by atoms with E-state index in [1.165, 1.54) is 10.9 Å². The van der Waals surface area contributed by atoms with E-state index in [2.05, 4.69) is 4.98 Å². The topological polar surface area (TPSA) is 89.3 Å². The highest BCUT2D eigenvalue weighted by Crippen LogP contribution is 2.19. The third kappa shape index (κ3) is 3.65. The number of rotatable bonds is 5. The lowest BCUT2D eigenvalue weighted by Gasteiger charge is -2.28. The molecule has 1 aliphatic heterocycles. The summed E-state index contributed by atoms with van der Waals surface area (Å²) in [5, 5.41) is 0.478. The third-order valence-corrected chi connectivity index (χ3v) is 6.55. The van der Waals surface area contributed by atoms with Crippen LogP contribution in [-0.2, 0) is 21.2 Å². The standard InChI is InChI=1S/C18H23N3O4S/c1-3-8-21(14-7-9-26(24,25)11-14)16(22)10-20-12-19-17-13(2)5-4-6-15(17)18(20)23/h4-6,12,14H,3,7-11H2,1-2H3. The Morgan fingerprint density at radius 3 is 2.81 bits per heavy atom. The largest absolute Gasteiger partial charge is 0.337 e. The Morgan fingerprint density at radius 2 is 2.15 bits per heavy atom. The molecule has 0 aliphatic carbocycles. The van der Waals surface area contributed by atoms with Gasteiger partial charge in [-0.05, 0) is 31.4 Å². The summed E-state index contributed by atoms with van der Waals surface area (Å²) < 4.78 is 24.8. The second kappa shape index (κ2) is 7.19. The quantitative estimate of drug-likeness (QED) is 0.779. The molecule has 7 nitrogen and oxygen atoms in total. The van der Waals surface area contributed by atoms with Gasteiger partial charge in [-0.25, -0.2) is 13.4 Å². The van der Waals surface area contributed by atoms with Gasteiger partial charge in [0.15, 0.2) is 9.84 Å². The summed E-state index contributed by atoms with van der Waals surface area (Å²) in [5.41, 5.74) is 1.28. The van der Waals surface area contributed by atoms with Crippen LogP contribution in [-0.4, -0.2) is 52.9 Å². The Bertz CT molecular complexity index is 997. The second-order valence-electron chi connectivity index (χ2n) is 6.79. The van der Waals surface area contributed by atoms with Crippen molar-refractivity contribution in [2.45, 2.75) is 39.3 Å². The molecule has 26 heavy (non-hydrogen) atoms. The summed E-state index contributed by atoms with van der Waals surface area (Å²) in [6.45, 7) is 4.17. The molecule has 0 bridgehead atoms. The molecular formula is C18H23N3O4S. The zero-order chi connectivity index (χ0) is 18.9. The Kier molecular flexibility index (Phi) is 5.13. The highest BCUT2D eigenvalue weighted by atomic mass is 32.2. The lowest BCUT2D eigenvalue weighted by molar-refractivity contribution is -0.133. The maximum Gasteiger partial charge on any atom is 0.261 e. The molecule has 1 fully saturated rings. The third-order valence-electron chi connectivity index (χ3n) is 4.79. The normalized spacial score (nSPS) is 18.9. The monoisotopic (exact) mass is 377 g/mol. The van der Waals surface area contributed by atoms with E-state index in [0.717, 1.165) is 12.0 Å². The number of hydrogen-bond donors (Lipinski definition) is 0. The summed E-state index contributed by atoms with van der Waals surface area (Å²) in [6.07, 6.45) is 2.58. The number of carbonyl (C=O) groups is 1. The molecule has 3 rings (SSSR count).